The lowest BCUT2D eigenvalue weighted by atomic mass is 9.95. The summed E-state index contributed by atoms with van der Waals surface area (Å²) >= 11 is 0. The van der Waals surface area contributed by atoms with Gasteiger partial charge in [-0.15, -0.1) is 0 Å². The van der Waals surface area contributed by atoms with E-state index in [1.165, 1.54) is 4.90 Å². The lowest BCUT2D eigenvalue weighted by molar-refractivity contribution is -0.140. The number of benzene rings is 2. The van der Waals surface area contributed by atoms with Crippen molar-refractivity contribution in [1.82, 2.24) is 9.88 Å². The van der Waals surface area contributed by atoms with Crippen molar-refractivity contribution >= 4 is 17.4 Å². The first kappa shape index (κ1) is 25.0. The van der Waals surface area contributed by atoms with Gasteiger partial charge >= 0.3 is 0 Å². The molecule has 7 nitrogen and oxygen atoms in total. The monoisotopic (exact) mass is 486 g/mol. The highest BCUT2D eigenvalue weighted by molar-refractivity contribution is 6.46. The van der Waals surface area contributed by atoms with Crippen molar-refractivity contribution in [3.8, 4) is 11.5 Å². The summed E-state index contributed by atoms with van der Waals surface area (Å²) in [6.07, 6.45) is 4.21. The maximum absolute atomic E-state index is 13.3. The van der Waals surface area contributed by atoms with Crippen molar-refractivity contribution < 1.29 is 24.2 Å². The molecule has 0 radical (unpaired) electrons. The minimum Gasteiger partial charge on any atom is -0.507 e. The van der Waals surface area contributed by atoms with Gasteiger partial charge in [0, 0.05) is 24.5 Å². The molecule has 1 atom stereocenters. The van der Waals surface area contributed by atoms with Crippen molar-refractivity contribution in [3.63, 3.8) is 0 Å². The Hall–Kier alpha value is -4.13. The van der Waals surface area contributed by atoms with Crippen LogP contribution in [0.3, 0.4) is 0 Å². The van der Waals surface area contributed by atoms with E-state index in [0.29, 0.717) is 35.2 Å². The third-order valence-corrected chi connectivity index (χ3v) is 6.12. The number of Topliss-reactive ketones (excluding diaryl/α,β-unsaturated/α-hetero) is 1. The van der Waals surface area contributed by atoms with Gasteiger partial charge in [-0.1, -0.05) is 32.0 Å². The van der Waals surface area contributed by atoms with E-state index < -0.39 is 17.7 Å². The number of carbonyl (C=O) groups is 2. The SMILES string of the molecule is COc1ccc(C(O)=C2C(=O)C(=O)N(Cc3cccnc3)C2c2cccc(OCCC(C)C)c2)cc1. The Labute approximate surface area is 211 Å². The number of rotatable bonds is 9. The highest BCUT2D eigenvalue weighted by Crippen LogP contribution is 2.41. The molecular formula is C29H30N2O5. The van der Waals surface area contributed by atoms with Crippen molar-refractivity contribution in [2.45, 2.75) is 32.9 Å². The Balaban J connectivity index is 1.78. The minimum atomic E-state index is -0.791. The lowest BCUT2D eigenvalue weighted by Gasteiger charge is -2.25. The fourth-order valence-electron chi connectivity index (χ4n) is 4.17. The zero-order valence-corrected chi connectivity index (χ0v) is 20.7. The third kappa shape index (κ3) is 5.40. The van der Waals surface area contributed by atoms with Gasteiger partial charge in [0.1, 0.15) is 17.3 Å². The van der Waals surface area contributed by atoms with Crippen LogP contribution in [0.5, 0.6) is 11.5 Å². The van der Waals surface area contributed by atoms with Gasteiger partial charge in [-0.3, -0.25) is 14.6 Å². The van der Waals surface area contributed by atoms with Crippen LogP contribution in [0.15, 0.2) is 78.6 Å². The molecular weight excluding hydrogens is 456 g/mol. The Morgan fingerprint density at radius 2 is 1.83 bits per heavy atom. The van der Waals surface area contributed by atoms with Crippen molar-refractivity contribution in [2.75, 3.05) is 13.7 Å². The smallest absolute Gasteiger partial charge is 0.295 e. The molecule has 1 aliphatic heterocycles. The van der Waals surface area contributed by atoms with Gasteiger partial charge in [-0.25, -0.2) is 0 Å². The van der Waals surface area contributed by atoms with E-state index in [9.17, 15) is 14.7 Å². The number of amides is 1. The molecule has 186 valence electrons. The number of pyridine rings is 1. The first-order valence-electron chi connectivity index (χ1n) is 11.9. The quantitative estimate of drug-likeness (QED) is 0.256. The fourth-order valence-corrected chi connectivity index (χ4v) is 4.17. The fraction of sp³-hybridized carbons (Fsp3) is 0.276. The molecule has 1 saturated heterocycles. The van der Waals surface area contributed by atoms with E-state index >= 15 is 0 Å². The van der Waals surface area contributed by atoms with Gasteiger partial charge in [0.05, 0.1) is 25.3 Å². The number of aromatic nitrogens is 1. The molecule has 1 amide bonds. The average molecular weight is 487 g/mol. The Bertz CT molecular complexity index is 1250. The zero-order chi connectivity index (χ0) is 25.7. The van der Waals surface area contributed by atoms with Crippen LogP contribution in [-0.4, -0.2) is 40.4 Å². The molecule has 0 saturated carbocycles. The predicted octanol–water partition coefficient (Wildman–Crippen LogP) is 5.14. The highest BCUT2D eigenvalue weighted by atomic mass is 16.5. The summed E-state index contributed by atoms with van der Waals surface area (Å²) in [5.74, 6) is 0.120. The number of methoxy groups -OCH3 is 1. The number of ether oxygens (including phenoxy) is 2. The molecule has 0 spiro atoms. The Morgan fingerprint density at radius 3 is 2.50 bits per heavy atom. The average Bonchev–Trinajstić information content (AvgIpc) is 3.14. The van der Waals surface area contributed by atoms with E-state index in [2.05, 4.69) is 18.8 Å². The van der Waals surface area contributed by atoms with Crippen LogP contribution in [0, 0.1) is 5.92 Å². The molecule has 2 heterocycles. The molecule has 0 bridgehead atoms. The highest BCUT2D eigenvalue weighted by Gasteiger charge is 2.46. The molecule has 1 aromatic heterocycles. The molecule has 4 rings (SSSR count). The predicted molar refractivity (Wildman–Crippen MR) is 136 cm³/mol. The van der Waals surface area contributed by atoms with Crippen LogP contribution < -0.4 is 9.47 Å². The van der Waals surface area contributed by atoms with Crippen LogP contribution >= 0.6 is 0 Å². The van der Waals surface area contributed by atoms with Gasteiger partial charge in [0.15, 0.2) is 0 Å². The molecule has 1 N–H and O–H groups in total. The normalized spacial score (nSPS) is 17.0. The summed E-state index contributed by atoms with van der Waals surface area (Å²) in [6.45, 7) is 4.99. The molecule has 3 aromatic rings. The molecule has 1 unspecified atom stereocenters. The summed E-state index contributed by atoms with van der Waals surface area (Å²) < 4.78 is 11.1. The van der Waals surface area contributed by atoms with E-state index in [0.717, 1.165) is 12.0 Å². The number of likely N-dealkylation sites (tertiary alicyclic amines) is 1. The van der Waals surface area contributed by atoms with E-state index in [1.807, 2.05) is 30.3 Å². The maximum Gasteiger partial charge on any atom is 0.295 e. The zero-order valence-electron chi connectivity index (χ0n) is 20.7. The molecule has 36 heavy (non-hydrogen) atoms. The molecule has 0 aliphatic carbocycles. The summed E-state index contributed by atoms with van der Waals surface area (Å²) in [6, 6.07) is 16.9. The number of nitrogens with zero attached hydrogens (tertiary/aromatic N) is 2. The Morgan fingerprint density at radius 1 is 1.06 bits per heavy atom. The second-order valence-corrected chi connectivity index (χ2v) is 9.12. The molecule has 1 fully saturated rings. The summed E-state index contributed by atoms with van der Waals surface area (Å²) in [5.41, 5.74) is 1.91. The maximum atomic E-state index is 13.3. The van der Waals surface area contributed by atoms with E-state index in [4.69, 9.17) is 9.47 Å². The second kappa shape index (κ2) is 11.1. The van der Waals surface area contributed by atoms with Crippen LogP contribution in [0.1, 0.15) is 43.0 Å². The molecule has 2 aromatic carbocycles. The first-order valence-corrected chi connectivity index (χ1v) is 11.9. The molecule has 1 aliphatic rings. The van der Waals surface area contributed by atoms with Gasteiger partial charge in [-0.2, -0.15) is 0 Å². The van der Waals surface area contributed by atoms with Crippen molar-refractivity contribution in [3.05, 3.63) is 95.3 Å². The summed E-state index contributed by atoms with van der Waals surface area (Å²) in [5, 5.41) is 11.3. The van der Waals surface area contributed by atoms with Crippen LogP contribution in [0.25, 0.3) is 5.76 Å². The van der Waals surface area contributed by atoms with Crippen molar-refractivity contribution in [1.29, 1.82) is 0 Å². The Kier molecular flexibility index (Phi) is 7.68. The summed E-state index contributed by atoms with van der Waals surface area (Å²) in [4.78, 5) is 32.1. The molecule has 7 heteroatoms. The number of ketones is 1. The largest absolute Gasteiger partial charge is 0.507 e. The van der Waals surface area contributed by atoms with E-state index in [1.54, 1.807) is 49.8 Å². The van der Waals surface area contributed by atoms with Crippen molar-refractivity contribution in [2.24, 2.45) is 5.92 Å². The third-order valence-electron chi connectivity index (χ3n) is 6.12. The standard InChI is InChI=1S/C29H30N2O5/c1-19(2)13-15-36-24-8-4-7-22(16-24)26-25(27(32)21-9-11-23(35-3)12-10-21)28(33)29(34)31(26)18-20-6-5-14-30-17-20/h4-12,14,16-17,19,26,32H,13,15,18H2,1-3H3. The summed E-state index contributed by atoms with van der Waals surface area (Å²) in [7, 11) is 1.55. The van der Waals surface area contributed by atoms with E-state index in [-0.39, 0.29) is 17.9 Å². The topological polar surface area (TPSA) is 89.0 Å². The number of aliphatic hydroxyl groups excluding tert-OH is 1. The first-order chi connectivity index (χ1) is 17.4. The lowest BCUT2D eigenvalue weighted by Crippen LogP contribution is -2.29. The van der Waals surface area contributed by atoms with Crippen LogP contribution in [0.2, 0.25) is 0 Å². The number of hydrogen-bond acceptors (Lipinski definition) is 6. The van der Waals surface area contributed by atoms with Crippen LogP contribution in [0.4, 0.5) is 0 Å². The van der Waals surface area contributed by atoms with Gasteiger partial charge in [0.2, 0.25) is 0 Å². The minimum absolute atomic E-state index is 0.0355. The van der Waals surface area contributed by atoms with Crippen LogP contribution in [-0.2, 0) is 16.1 Å². The number of aliphatic hydroxyl groups is 1. The number of hydrogen-bond donors (Lipinski definition) is 1. The van der Waals surface area contributed by atoms with Gasteiger partial charge < -0.3 is 19.5 Å². The number of carbonyl (C=O) groups excluding carboxylic acids is 2. The van der Waals surface area contributed by atoms with Gasteiger partial charge in [0.25, 0.3) is 11.7 Å². The van der Waals surface area contributed by atoms with Gasteiger partial charge in [-0.05, 0) is 65.9 Å². The second-order valence-electron chi connectivity index (χ2n) is 9.12.